The molecule has 7 heteroatoms. The average Bonchev–Trinajstić information content (AvgIpc) is 2.93. The van der Waals surface area contributed by atoms with Crippen LogP contribution in [0.2, 0.25) is 0 Å². The van der Waals surface area contributed by atoms with Crippen molar-refractivity contribution in [2.24, 2.45) is 7.05 Å². The van der Waals surface area contributed by atoms with E-state index in [1.54, 1.807) is 23.1 Å². The lowest BCUT2D eigenvalue weighted by Gasteiger charge is -2.13. The number of rotatable bonds is 4. The summed E-state index contributed by atoms with van der Waals surface area (Å²) in [7, 11) is 1.86. The molecule has 1 N–H and O–H groups in total. The van der Waals surface area contributed by atoms with Gasteiger partial charge in [-0.05, 0) is 0 Å². The molecule has 0 radical (unpaired) electrons. The predicted octanol–water partition coefficient (Wildman–Crippen LogP) is 2.35. The zero-order valence-electron chi connectivity index (χ0n) is 11.5. The van der Waals surface area contributed by atoms with E-state index in [-0.39, 0.29) is 12.0 Å². The highest BCUT2D eigenvalue weighted by Crippen LogP contribution is 2.28. The summed E-state index contributed by atoms with van der Waals surface area (Å²) >= 11 is 3.28. The highest BCUT2D eigenvalue weighted by molar-refractivity contribution is 7.98. The first-order valence-corrected chi connectivity index (χ1v) is 7.85. The van der Waals surface area contributed by atoms with Crippen LogP contribution in [0, 0.1) is 0 Å². The number of thiazole rings is 1. The van der Waals surface area contributed by atoms with Crippen molar-refractivity contribution in [1.82, 2.24) is 19.7 Å². The second-order valence-electron chi connectivity index (χ2n) is 5.30. The minimum absolute atomic E-state index is 0.0884. The summed E-state index contributed by atoms with van der Waals surface area (Å²) in [6.07, 6.45) is 0. The number of aliphatic hydroxyl groups is 1. The molecule has 0 aromatic carbocycles. The van der Waals surface area contributed by atoms with Gasteiger partial charge in [0.1, 0.15) is 6.61 Å². The summed E-state index contributed by atoms with van der Waals surface area (Å²) in [5, 5.41) is 21.1. The van der Waals surface area contributed by atoms with Crippen LogP contribution in [0.15, 0.2) is 10.5 Å². The molecule has 0 saturated carbocycles. The van der Waals surface area contributed by atoms with Crippen LogP contribution >= 0.6 is 23.1 Å². The largest absolute Gasteiger partial charge is 0.388 e. The zero-order chi connectivity index (χ0) is 14.0. The van der Waals surface area contributed by atoms with Gasteiger partial charge in [-0.25, -0.2) is 4.98 Å². The van der Waals surface area contributed by atoms with Crippen molar-refractivity contribution in [3.63, 3.8) is 0 Å². The Balaban J connectivity index is 2.02. The van der Waals surface area contributed by atoms with Gasteiger partial charge >= 0.3 is 0 Å². The molecule has 5 nitrogen and oxygen atoms in total. The van der Waals surface area contributed by atoms with E-state index in [4.69, 9.17) is 5.11 Å². The Labute approximate surface area is 121 Å². The van der Waals surface area contributed by atoms with Gasteiger partial charge in [0, 0.05) is 23.6 Å². The minimum atomic E-state index is -0.0884. The Morgan fingerprint density at radius 1 is 1.37 bits per heavy atom. The molecule has 2 heterocycles. The lowest BCUT2D eigenvalue weighted by atomic mass is 9.98. The SMILES string of the molecule is Cn1c(CO)nnc1SCc1csc(C(C)(C)C)n1. The summed E-state index contributed by atoms with van der Waals surface area (Å²) < 4.78 is 1.81. The smallest absolute Gasteiger partial charge is 0.191 e. The fraction of sp³-hybridized carbons (Fsp3) is 0.583. The number of aliphatic hydroxyl groups excluding tert-OH is 1. The Kier molecular flexibility index (Phi) is 4.27. The normalized spacial score (nSPS) is 12.1. The molecular formula is C12H18N4OS2. The van der Waals surface area contributed by atoms with Gasteiger partial charge in [-0.15, -0.1) is 21.5 Å². The number of hydrogen-bond acceptors (Lipinski definition) is 6. The Morgan fingerprint density at radius 3 is 2.63 bits per heavy atom. The standard InChI is InChI=1S/C12H18N4OS2/c1-12(2,3)10-13-8(6-18-10)7-19-11-15-14-9(5-17)16(11)4/h6,17H,5,7H2,1-4H3. The topological polar surface area (TPSA) is 63.8 Å². The van der Waals surface area contributed by atoms with Gasteiger partial charge in [-0.1, -0.05) is 32.5 Å². The first-order chi connectivity index (χ1) is 8.91. The van der Waals surface area contributed by atoms with Crippen molar-refractivity contribution in [3.8, 4) is 0 Å². The molecule has 0 fully saturated rings. The van der Waals surface area contributed by atoms with Crippen molar-refractivity contribution in [2.45, 2.75) is 43.7 Å². The van der Waals surface area contributed by atoms with Crippen LogP contribution in [-0.4, -0.2) is 24.9 Å². The van der Waals surface area contributed by atoms with Crippen LogP contribution in [0.1, 0.15) is 37.3 Å². The monoisotopic (exact) mass is 298 g/mol. The Hall–Kier alpha value is -0.920. The van der Waals surface area contributed by atoms with E-state index in [0.29, 0.717) is 5.82 Å². The second-order valence-corrected chi connectivity index (χ2v) is 7.10. The third-order valence-electron chi connectivity index (χ3n) is 2.61. The molecule has 0 aliphatic heterocycles. The third kappa shape index (κ3) is 3.34. The lowest BCUT2D eigenvalue weighted by molar-refractivity contribution is 0.266. The molecule has 0 spiro atoms. The van der Waals surface area contributed by atoms with Gasteiger partial charge in [-0.3, -0.25) is 0 Å². The summed E-state index contributed by atoms with van der Waals surface area (Å²) in [5.41, 5.74) is 1.16. The Morgan fingerprint density at radius 2 is 2.11 bits per heavy atom. The lowest BCUT2D eigenvalue weighted by Crippen LogP contribution is -2.10. The van der Waals surface area contributed by atoms with Crippen LogP contribution in [-0.2, 0) is 24.8 Å². The summed E-state index contributed by atoms with van der Waals surface area (Å²) in [4.78, 5) is 4.64. The van der Waals surface area contributed by atoms with Gasteiger partial charge in [0.05, 0.1) is 10.7 Å². The molecule has 2 rings (SSSR count). The molecule has 0 bridgehead atoms. The third-order valence-corrected chi connectivity index (χ3v) is 4.98. The summed E-state index contributed by atoms with van der Waals surface area (Å²) in [5.74, 6) is 1.35. The summed E-state index contributed by atoms with van der Waals surface area (Å²) in [6.45, 7) is 6.41. The fourth-order valence-corrected chi connectivity index (χ4v) is 3.30. The van der Waals surface area contributed by atoms with Crippen LogP contribution in [0.4, 0.5) is 0 Å². The molecule has 2 aromatic heterocycles. The highest BCUT2D eigenvalue weighted by atomic mass is 32.2. The van der Waals surface area contributed by atoms with E-state index >= 15 is 0 Å². The molecule has 19 heavy (non-hydrogen) atoms. The quantitative estimate of drug-likeness (QED) is 0.878. The molecule has 0 aliphatic rings. The molecule has 0 aliphatic carbocycles. The number of nitrogens with zero attached hydrogens (tertiary/aromatic N) is 4. The maximum Gasteiger partial charge on any atom is 0.191 e. The fourth-order valence-electron chi connectivity index (χ4n) is 1.46. The molecule has 104 valence electrons. The highest BCUT2D eigenvalue weighted by Gasteiger charge is 2.18. The van der Waals surface area contributed by atoms with Gasteiger partial charge in [0.15, 0.2) is 11.0 Å². The van der Waals surface area contributed by atoms with E-state index in [1.165, 1.54) is 0 Å². The second kappa shape index (κ2) is 5.60. The van der Waals surface area contributed by atoms with Crippen molar-refractivity contribution in [2.75, 3.05) is 0 Å². The van der Waals surface area contributed by atoms with Crippen LogP contribution in [0.25, 0.3) is 0 Å². The van der Waals surface area contributed by atoms with Crippen LogP contribution in [0.3, 0.4) is 0 Å². The molecular weight excluding hydrogens is 280 g/mol. The van der Waals surface area contributed by atoms with Crippen molar-refractivity contribution in [3.05, 3.63) is 21.9 Å². The van der Waals surface area contributed by atoms with Crippen molar-refractivity contribution >= 4 is 23.1 Å². The Bertz CT molecular complexity index is 556. The first-order valence-electron chi connectivity index (χ1n) is 5.98. The zero-order valence-corrected chi connectivity index (χ0v) is 13.2. The van der Waals surface area contributed by atoms with Crippen molar-refractivity contribution < 1.29 is 5.11 Å². The summed E-state index contributed by atoms with van der Waals surface area (Å²) in [6, 6.07) is 0. The molecule has 0 atom stereocenters. The minimum Gasteiger partial charge on any atom is -0.388 e. The first kappa shape index (κ1) is 14.5. The average molecular weight is 298 g/mol. The maximum absolute atomic E-state index is 9.07. The van der Waals surface area contributed by atoms with E-state index in [1.807, 2.05) is 11.6 Å². The van der Waals surface area contributed by atoms with E-state index in [2.05, 4.69) is 41.3 Å². The molecule has 0 saturated heterocycles. The van der Waals surface area contributed by atoms with Gasteiger partial charge in [-0.2, -0.15) is 0 Å². The number of thioether (sulfide) groups is 1. The predicted molar refractivity (Wildman–Crippen MR) is 77.3 cm³/mol. The van der Waals surface area contributed by atoms with Gasteiger partial charge < -0.3 is 9.67 Å². The van der Waals surface area contributed by atoms with Gasteiger partial charge in [0.25, 0.3) is 0 Å². The van der Waals surface area contributed by atoms with Gasteiger partial charge in [0.2, 0.25) is 0 Å². The van der Waals surface area contributed by atoms with Crippen molar-refractivity contribution in [1.29, 1.82) is 0 Å². The van der Waals surface area contributed by atoms with E-state index in [0.717, 1.165) is 21.6 Å². The van der Waals surface area contributed by atoms with E-state index < -0.39 is 0 Å². The maximum atomic E-state index is 9.07. The molecule has 0 amide bonds. The number of hydrogen-bond donors (Lipinski definition) is 1. The van der Waals surface area contributed by atoms with Crippen LogP contribution in [0.5, 0.6) is 0 Å². The number of aromatic nitrogens is 4. The van der Waals surface area contributed by atoms with E-state index in [9.17, 15) is 0 Å². The molecule has 2 aromatic rings. The molecule has 0 unspecified atom stereocenters. The van der Waals surface area contributed by atoms with Crippen LogP contribution < -0.4 is 0 Å².